The van der Waals surface area contributed by atoms with Gasteiger partial charge in [0, 0.05) is 10.9 Å². The number of rotatable bonds is 4. The summed E-state index contributed by atoms with van der Waals surface area (Å²) in [6, 6.07) is 6.56. The van der Waals surface area contributed by atoms with Crippen molar-refractivity contribution in [1.82, 2.24) is 10.1 Å². The van der Waals surface area contributed by atoms with Gasteiger partial charge in [0.2, 0.25) is 11.7 Å². The fourth-order valence-corrected chi connectivity index (χ4v) is 2.88. The zero-order chi connectivity index (χ0) is 14.8. The minimum Gasteiger partial charge on any atom is -0.508 e. The highest BCUT2D eigenvalue weighted by atomic mass is 32.1. The molecule has 0 spiro atoms. The molecule has 0 saturated carbocycles. The molecular weight excluding hydrogens is 286 g/mol. The van der Waals surface area contributed by atoms with Gasteiger partial charge in [0.15, 0.2) is 0 Å². The van der Waals surface area contributed by atoms with E-state index >= 15 is 0 Å². The van der Waals surface area contributed by atoms with Gasteiger partial charge in [-0.1, -0.05) is 17.3 Å². The van der Waals surface area contributed by atoms with E-state index in [-0.39, 0.29) is 11.8 Å². The number of aryl methyl sites for hydroxylation is 1. The second-order valence-corrected chi connectivity index (χ2v) is 5.65. The van der Waals surface area contributed by atoms with Crippen LogP contribution >= 0.6 is 11.3 Å². The average molecular weight is 301 g/mol. The maximum absolute atomic E-state index is 9.27. The molecule has 0 radical (unpaired) electrons. The number of nitrogens with two attached hydrogens (primary N) is 1. The SMILES string of the molecule is Cc1cscc1-c1noc([C@H](N)Cc2ccc(O)cc2)n1. The first-order chi connectivity index (χ1) is 10.1. The molecular formula is C15H15N3O2S. The lowest BCUT2D eigenvalue weighted by Gasteiger charge is -2.06. The molecule has 5 nitrogen and oxygen atoms in total. The van der Waals surface area contributed by atoms with Crippen molar-refractivity contribution in [3.05, 3.63) is 52.0 Å². The Morgan fingerprint density at radius 3 is 2.71 bits per heavy atom. The van der Waals surface area contributed by atoms with Gasteiger partial charge in [0.05, 0.1) is 6.04 Å². The van der Waals surface area contributed by atoms with Crippen LogP contribution in [0, 0.1) is 6.92 Å². The predicted octanol–water partition coefficient (Wildman–Crippen LogP) is 3.05. The molecule has 0 aliphatic carbocycles. The van der Waals surface area contributed by atoms with E-state index in [2.05, 4.69) is 10.1 Å². The Labute approximate surface area is 126 Å². The molecule has 0 bridgehead atoms. The van der Waals surface area contributed by atoms with Crippen LogP contribution in [0.4, 0.5) is 0 Å². The van der Waals surface area contributed by atoms with Gasteiger partial charge in [-0.2, -0.15) is 16.3 Å². The maximum atomic E-state index is 9.27. The molecule has 21 heavy (non-hydrogen) atoms. The van der Waals surface area contributed by atoms with Crippen molar-refractivity contribution in [3.63, 3.8) is 0 Å². The quantitative estimate of drug-likeness (QED) is 0.773. The molecule has 3 aromatic rings. The van der Waals surface area contributed by atoms with Gasteiger partial charge < -0.3 is 15.4 Å². The predicted molar refractivity (Wildman–Crippen MR) is 81.1 cm³/mol. The van der Waals surface area contributed by atoms with Crippen LogP contribution in [-0.2, 0) is 6.42 Å². The third-order valence-electron chi connectivity index (χ3n) is 3.25. The Hall–Kier alpha value is -2.18. The average Bonchev–Trinajstić information content (AvgIpc) is 3.09. The first kappa shape index (κ1) is 13.8. The second kappa shape index (κ2) is 5.67. The van der Waals surface area contributed by atoms with Gasteiger partial charge in [-0.05, 0) is 42.0 Å². The fraction of sp³-hybridized carbons (Fsp3) is 0.200. The van der Waals surface area contributed by atoms with Crippen molar-refractivity contribution < 1.29 is 9.63 Å². The van der Waals surface area contributed by atoms with Crippen molar-refractivity contribution in [2.75, 3.05) is 0 Å². The lowest BCUT2D eigenvalue weighted by atomic mass is 10.1. The fourth-order valence-electron chi connectivity index (χ4n) is 2.06. The highest BCUT2D eigenvalue weighted by Crippen LogP contribution is 2.25. The maximum Gasteiger partial charge on any atom is 0.244 e. The van der Waals surface area contributed by atoms with Gasteiger partial charge in [0.1, 0.15) is 5.75 Å². The molecule has 0 aliphatic heterocycles. The van der Waals surface area contributed by atoms with Crippen LogP contribution in [0.3, 0.4) is 0 Å². The molecule has 0 saturated heterocycles. The summed E-state index contributed by atoms with van der Waals surface area (Å²) in [5.41, 5.74) is 9.22. The standard InChI is InChI=1S/C15H15N3O2S/c1-9-7-21-8-12(9)14-17-15(20-18-14)13(16)6-10-2-4-11(19)5-3-10/h2-5,7-8,13,19H,6,16H2,1H3/t13-/m1/s1. The van der Waals surface area contributed by atoms with Crippen LogP contribution in [-0.4, -0.2) is 15.2 Å². The highest BCUT2D eigenvalue weighted by molar-refractivity contribution is 7.08. The number of hydrogen-bond donors (Lipinski definition) is 2. The van der Waals surface area contributed by atoms with Crippen LogP contribution in [0.15, 0.2) is 39.5 Å². The lowest BCUT2D eigenvalue weighted by molar-refractivity contribution is 0.354. The summed E-state index contributed by atoms with van der Waals surface area (Å²) in [6.45, 7) is 2.01. The van der Waals surface area contributed by atoms with E-state index in [1.54, 1.807) is 23.5 Å². The topological polar surface area (TPSA) is 85.2 Å². The smallest absolute Gasteiger partial charge is 0.244 e. The number of benzene rings is 1. The molecule has 3 N–H and O–H groups in total. The van der Waals surface area contributed by atoms with E-state index in [9.17, 15) is 5.11 Å². The number of phenols is 1. The lowest BCUT2D eigenvalue weighted by Crippen LogP contribution is -2.13. The van der Waals surface area contributed by atoms with E-state index < -0.39 is 0 Å². The second-order valence-electron chi connectivity index (χ2n) is 4.90. The number of phenolic OH excluding ortho intramolecular Hbond substituents is 1. The van der Waals surface area contributed by atoms with Gasteiger partial charge in [-0.25, -0.2) is 0 Å². The molecule has 108 valence electrons. The molecule has 2 heterocycles. The van der Waals surface area contributed by atoms with Crippen LogP contribution in [0.1, 0.15) is 23.1 Å². The zero-order valence-corrected chi connectivity index (χ0v) is 12.3. The first-order valence-corrected chi connectivity index (χ1v) is 7.48. The summed E-state index contributed by atoms with van der Waals surface area (Å²) >= 11 is 1.61. The molecule has 0 fully saturated rings. The van der Waals surface area contributed by atoms with Crippen LogP contribution in [0.5, 0.6) is 5.75 Å². The van der Waals surface area contributed by atoms with Crippen molar-refractivity contribution in [1.29, 1.82) is 0 Å². The van der Waals surface area contributed by atoms with Crippen LogP contribution < -0.4 is 5.73 Å². The van der Waals surface area contributed by atoms with E-state index in [1.807, 2.05) is 29.8 Å². The minimum absolute atomic E-state index is 0.236. The summed E-state index contributed by atoms with van der Waals surface area (Å²) in [6.07, 6.45) is 0.574. The number of aromatic nitrogens is 2. The third kappa shape index (κ3) is 2.96. The summed E-state index contributed by atoms with van der Waals surface area (Å²) < 4.78 is 5.27. The van der Waals surface area contributed by atoms with Gasteiger partial charge >= 0.3 is 0 Å². The van der Waals surface area contributed by atoms with Gasteiger partial charge in [0.25, 0.3) is 0 Å². The Morgan fingerprint density at radius 2 is 2.05 bits per heavy atom. The molecule has 0 amide bonds. The normalized spacial score (nSPS) is 12.5. The zero-order valence-electron chi connectivity index (χ0n) is 11.5. The number of nitrogens with zero attached hydrogens (tertiary/aromatic N) is 2. The van der Waals surface area contributed by atoms with E-state index in [1.165, 1.54) is 0 Å². The molecule has 1 aromatic carbocycles. The molecule has 0 unspecified atom stereocenters. The van der Waals surface area contributed by atoms with Crippen molar-refractivity contribution >= 4 is 11.3 Å². The summed E-state index contributed by atoms with van der Waals surface area (Å²) in [5.74, 6) is 1.23. The van der Waals surface area contributed by atoms with E-state index in [4.69, 9.17) is 10.3 Å². The molecule has 1 atom stereocenters. The molecule has 6 heteroatoms. The minimum atomic E-state index is -0.366. The Kier molecular flexibility index (Phi) is 3.72. The largest absolute Gasteiger partial charge is 0.508 e. The van der Waals surface area contributed by atoms with E-state index in [0.717, 1.165) is 16.7 Å². The number of hydrogen-bond acceptors (Lipinski definition) is 6. The van der Waals surface area contributed by atoms with Crippen LogP contribution in [0.25, 0.3) is 11.4 Å². The first-order valence-electron chi connectivity index (χ1n) is 6.54. The van der Waals surface area contributed by atoms with Crippen molar-refractivity contribution in [2.24, 2.45) is 5.73 Å². The number of aromatic hydroxyl groups is 1. The van der Waals surface area contributed by atoms with Crippen molar-refractivity contribution in [2.45, 2.75) is 19.4 Å². The van der Waals surface area contributed by atoms with Gasteiger partial charge in [-0.3, -0.25) is 0 Å². The van der Waals surface area contributed by atoms with Gasteiger partial charge in [-0.15, -0.1) is 0 Å². The monoisotopic (exact) mass is 301 g/mol. The highest BCUT2D eigenvalue weighted by Gasteiger charge is 2.17. The Morgan fingerprint density at radius 1 is 1.29 bits per heavy atom. The molecule has 0 aliphatic rings. The van der Waals surface area contributed by atoms with E-state index in [0.29, 0.717) is 18.1 Å². The molecule has 2 aromatic heterocycles. The van der Waals surface area contributed by atoms with Crippen LogP contribution in [0.2, 0.25) is 0 Å². The Bertz CT molecular complexity index is 733. The third-order valence-corrected chi connectivity index (χ3v) is 4.11. The number of thiophene rings is 1. The van der Waals surface area contributed by atoms with Crippen molar-refractivity contribution in [3.8, 4) is 17.1 Å². The summed E-state index contributed by atoms with van der Waals surface area (Å²) in [7, 11) is 0. The Balaban J connectivity index is 1.76. The summed E-state index contributed by atoms with van der Waals surface area (Å²) in [5, 5.41) is 17.3. The molecule has 3 rings (SSSR count). The summed E-state index contributed by atoms with van der Waals surface area (Å²) in [4.78, 5) is 4.38.